The van der Waals surface area contributed by atoms with E-state index in [0.29, 0.717) is 11.4 Å². The third-order valence-electron chi connectivity index (χ3n) is 5.13. The average molecular weight is 374 g/mol. The van der Waals surface area contributed by atoms with E-state index < -0.39 is 11.8 Å². The quantitative estimate of drug-likeness (QED) is 0.693. The van der Waals surface area contributed by atoms with Gasteiger partial charge in [0.15, 0.2) is 0 Å². The number of rotatable bonds is 0. The van der Waals surface area contributed by atoms with Crippen LogP contribution < -0.4 is 10.6 Å². The van der Waals surface area contributed by atoms with Crippen LogP contribution in [0.3, 0.4) is 0 Å². The Hall–Kier alpha value is -3.28. The summed E-state index contributed by atoms with van der Waals surface area (Å²) in [6.45, 7) is 0. The summed E-state index contributed by atoms with van der Waals surface area (Å²) in [6.07, 6.45) is 7.83. The number of nitrogens with one attached hydrogen (secondary N) is 2. The van der Waals surface area contributed by atoms with E-state index in [2.05, 4.69) is 10.6 Å². The second-order valence-electron chi connectivity index (χ2n) is 7.06. The molecule has 2 aromatic carbocycles. The van der Waals surface area contributed by atoms with Gasteiger partial charge in [0.2, 0.25) is 0 Å². The highest BCUT2D eigenvalue weighted by atomic mass is 16.2. The lowest BCUT2D eigenvalue weighted by Crippen LogP contribution is -2.30. The number of fused-ring (bicyclic) bond motifs is 3. The van der Waals surface area contributed by atoms with Gasteiger partial charge in [-0.05, 0) is 25.0 Å². The maximum Gasteiger partial charge on any atom is 0.314 e. The fraction of sp³-hybridized carbons (Fsp3) is 0.273. The van der Waals surface area contributed by atoms with Crippen LogP contribution in [0.25, 0.3) is 0 Å². The molecule has 2 aliphatic rings. The monoisotopic (exact) mass is 374 g/mol. The van der Waals surface area contributed by atoms with Crippen LogP contribution >= 0.6 is 0 Å². The van der Waals surface area contributed by atoms with Gasteiger partial charge in [0.1, 0.15) is 0 Å². The van der Waals surface area contributed by atoms with Crippen LogP contribution in [0.4, 0.5) is 11.4 Å². The lowest BCUT2D eigenvalue weighted by molar-refractivity contribution is -0.133. The van der Waals surface area contributed by atoms with Crippen LogP contribution in [-0.4, -0.2) is 36.3 Å². The van der Waals surface area contributed by atoms with Crippen molar-refractivity contribution in [3.63, 3.8) is 0 Å². The summed E-state index contributed by atoms with van der Waals surface area (Å²) < 4.78 is 0. The number of anilines is 2. The van der Waals surface area contributed by atoms with Crippen molar-refractivity contribution in [3.8, 4) is 0 Å². The molecule has 0 aromatic heterocycles. The molecule has 0 saturated heterocycles. The molecule has 1 aliphatic heterocycles. The van der Waals surface area contributed by atoms with Gasteiger partial charge in [-0.2, -0.15) is 0 Å². The fourth-order valence-corrected chi connectivity index (χ4v) is 3.60. The van der Waals surface area contributed by atoms with Crippen molar-refractivity contribution in [1.29, 1.82) is 0 Å². The van der Waals surface area contributed by atoms with Gasteiger partial charge < -0.3 is 10.6 Å². The van der Waals surface area contributed by atoms with Crippen molar-refractivity contribution in [2.45, 2.75) is 37.8 Å². The molecule has 142 valence electrons. The normalized spacial score (nSPS) is 22.1. The Morgan fingerprint density at radius 1 is 0.679 bits per heavy atom. The number of nitrogens with zero attached hydrogens (tertiary/aromatic N) is 2. The molecule has 2 atom stereocenters. The Balaban J connectivity index is 1.75. The first-order valence-corrected chi connectivity index (χ1v) is 9.57. The summed E-state index contributed by atoms with van der Waals surface area (Å²) in [5.74, 6) is -1.44. The van der Waals surface area contributed by atoms with Gasteiger partial charge in [-0.25, -0.2) is 0 Å². The smallest absolute Gasteiger partial charge is 0.314 e. The Morgan fingerprint density at radius 2 is 1.11 bits per heavy atom. The first-order chi connectivity index (χ1) is 13.7. The van der Waals surface area contributed by atoms with Gasteiger partial charge in [0.25, 0.3) is 0 Å². The number of carbonyl (C=O) groups is 2. The summed E-state index contributed by atoms with van der Waals surface area (Å²) in [6, 6.07) is 14.9. The Morgan fingerprint density at radius 3 is 1.57 bits per heavy atom. The molecule has 0 bridgehead atoms. The van der Waals surface area contributed by atoms with E-state index in [4.69, 9.17) is 9.98 Å². The zero-order chi connectivity index (χ0) is 19.3. The molecule has 0 radical (unpaired) electrons. The molecule has 1 aliphatic carbocycles. The number of para-hydroxylation sites is 2. The zero-order valence-electron chi connectivity index (χ0n) is 15.5. The number of amides is 2. The maximum atomic E-state index is 12.4. The molecule has 4 rings (SSSR count). The highest BCUT2D eigenvalue weighted by molar-refractivity contribution is 6.44. The Labute approximate surface area is 163 Å². The second kappa shape index (κ2) is 8.17. The number of aliphatic imine (C=N–C) groups is 2. The minimum Gasteiger partial charge on any atom is -0.317 e. The molecular formula is C22H22N4O2. The fourth-order valence-electron chi connectivity index (χ4n) is 3.60. The van der Waals surface area contributed by atoms with Crippen molar-refractivity contribution in [1.82, 2.24) is 0 Å². The molecule has 2 N–H and O–H groups in total. The Bertz CT molecular complexity index is 874. The van der Waals surface area contributed by atoms with Gasteiger partial charge in [-0.3, -0.25) is 19.6 Å². The van der Waals surface area contributed by atoms with Crippen molar-refractivity contribution >= 4 is 35.6 Å². The van der Waals surface area contributed by atoms with Gasteiger partial charge in [0.05, 0.1) is 12.1 Å². The number of hydrogen-bond acceptors (Lipinski definition) is 4. The van der Waals surface area contributed by atoms with Crippen LogP contribution in [0, 0.1) is 0 Å². The average Bonchev–Trinajstić information content (AvgIpc) is 2.72. The lowest BCUT2D eigenvalue weighted by Gasteiger charge is -2.25. The highest BCUT2D eigenvalue weighted by Gasteiger charge is 2.24. The summed E-state index contributed by atoms with van der Waals surface area (Å²) in [4.78, 5) is 34.3. The number of hydrogen-bond donors (Lipinski definition) is 2. The minimum atomic E-state index is -0.722. The van der Waals surface area contributed by atoms with Gasteiger partial charge >= 0.3 is 11.8 Å². The van der Waals surface area contributed by atoms with Crippen molar-refractivity contribution < 1.29 is 9.59 Å². The van der Waals surface area contributed by atoms with Crippen molar-refractivity contribution in [2.75, 3.05) is 10.6 Å². The molecule has 6 heteroatoms. The summed E-state index contributed by atoms with van der Waals surface area (Å²) in [5.41, 5.74) is 2.67. The second-order valence-corrected chi connectivity index (χ2v) is 7.06. The SMILES string of the molecule is O=C1Nc2ccccc2C=N[C@H]2CCCC[C@H]2N=Cc2ccccc2NC1=O. The predicted octanol–water partition coefficient (Wildman–Crippen LogP) is 3.43. The number of benzene rings is 2. The van der Waals surface area contributed by atoms with Crippen LogP contribution in [-0.2, 0) is 9.59 Å². The summed E-state index contributed by atoms with van der Waals surface area (Å²) in [7, 11) is 0. The van der Waals surface area contributed by atoms with E-state index in [1.54, 1.807) is 24.6 Å². The summed E-state index contributed by atoms with van der Waals surface area (Å²) in [5, 5.41) is 5.38. The van der Waals surface area contributed by atoms with E-state index in [1.165, 1.54) is 0 Å². The van der Waals surface area contributed by atoms with Crippen molar-refractivity contribution in [3.05, 3.63) is 59.7 Å². The summed E-state index contributed by atoms with van der Waals surface area (Å²) >= 11 is 0. The van der Waals surface area contributed by atoms with Crippen LogP contribution in [0.2, 0.25) is 0 Å². The number of carbonyl (C=O) groups excluding carboxylic acids is 2. The van der Waals surface area contributed by atoms with Gasteiger partial charge in [0, 0.05) is 34.9 Å². The van der Waals surface area contributed by atoms with Gasteiger partial charge in [-0.15, -0.1) is 0 Å². The molecule has 1 heterocycles. The Kier molecular flexibility index (Phi) is 5.28. The van der Waals surface area contributed by atoms with Crippen LogP contribution in [0.5, 0.6) is 0 Å². The molecule has 6 nitrogen and oxygen atoms in total. The molecular weight excluding hydrogens is 352 g/mol. The zero-order valence-corrected chi connectivity index (χ0v) is 15.5. The van der Waals surface area contributed by atoms with E-state index in [1.807, 2.05) is 36.4 Å². The lowest BCUT2D eigenvalue weighted by atomic mass is 9.91. The predicted molar refractivity (Wildman–Crippen MR) is 111 cm³/mol. The van der Waals surface area contributed by atoms with E-state index in [9.17, 15) is 9.59 Å². The third-order valence-corrected chi connectivity index (χ3v) is 5.13. The maximum absolute atomic E-state index is 12.4. The molecule has 2 aromatic rings. The first-order valence-electron chi connectivity index (χ1n) is 9.57. The van der Waals surface area contributed by atoms with Crippen molar-refractivity contribution in [2.24, 2.45) is 9.98 Å². The van der Waals surface area contributed by atoms with E-state index in [-0.39, 0.29) is 12.1 Å². The molecule has 0 unspecified atom stereocenters. The third kappa shape index (κ3) is 4.01. The van der Waals surface area contributed by atoms with Gasteiger partial charge in [-0.1, -0.05) is 49.2 Å². The molecule has 0 spiro atoms. The minimum absolute atomic E-state index is 0.110. The molecule has 2 amide bonds. The van der Waals surface area contributed by atoms with E-state index >= 15 is 0 Å². The topological polar surface area (TPSA) is 82.9 Å². The standard InChI is InChI=1S/C22H22N4O2/c27-21-22(28)26-18-10-4-2-8-16(18)14-24-20-12-6-5-11-19(20)23-13-15-7-1-3-9-17(15)25-21/h1-4,7-10,13-14,19-20H,5-6,11-12H2,(H,25,27)(H,26,28)/t19-,20+. The largest absolute Gasteiger partial charge is 0.317 e. The highest BCUT2D eigenvalue weighted by Crippen LogP contribution is 2.25. The molecule has 1 saturated carbocycles. The van der Waals surface area contributed by atoms with E-state index in [0.717, 1.165) is 36.8 Å². The van der Waals surface area contributed by atoms with Crippen LogP contribution in [0.1, 0.15) is 36.8 Å². The first kappa shape index (κ1) is 18.1. The van der Waals surface area contributed by atoms with Crippen LogP contribution in [0.15, 0.2) is 58.5 Å². The molecule has 28 heavy (non-hydrogen) atoms. The molecule has 1 fully saturated rings.